The van der Waals surface area contributed by atoms with Gasteiger partial charge < -0.3 is 11.1 Å². The molecule has 0 fully saturated rings. The highest BCUT2D eigenvalue weighted by Crippen LogP contribution is 2.30. The zero-order valence-electron chi connectivity index (χ0n) is 10.7. The van der Waals surface area contributed by atoms with E-state index in [2.05, 4.69) is 5.32 Å². The number of benzene rings is 1. The van der Waals surface area contributed by atoms with E-state index in [-0.39, 0.29) is 5.91 Å². The number of thiophene rings is 1. The smallest absolute Gasteiger partial charge is 0.266 e. The fraction of sp³-hybridized carbons (Fsp3) is 0.214. The molecular formula is C14H16N2OS. The molecule has 0 unspecified atom stereocenters. The molecule has 1 aromatic carbocycles. The number of amides is 1. The topological polar surface area (TPSA) is 55.1 Å². The summed E-state index contributed by atoms with van der Waals surface area (Å²) in [5.74, 6) is -0.0962. The second-order valence-electron chi connectivity index (χ2n) is 4.37. The number of anilines is 2. The Morgan fingerprint density at radius 1 is 1.11 bits per heavy atom. The van der Waals surface area contributed by atoms with Gasteiger partial charge in [-0.3, -0.25) is 4.79 Å². The highest BCUT2D eigenvalue weighted by molar-refractivity contribution is 7.18. The number of aryl methyl sites for hydroxylation is 1. The summed E-state index contributed by atoms with van der Waals surface area (Å²) in [7, 11) is 0. The first-order valence-electron chi connectivity index (χ1n) is 5.72. The van der Waals surface area contributed by atoms with Crippen LogP contribution in [0.5, 0.6) is 0 Å². The van der Waals surface area contributed by atoms with Crippen LogP contribution in [0.15, 0.2) is 24.3 Å². The van der Waals surface area contributed by atoms with Crippen LogP contribution in [0.1, 0.15) is 26.4 Å². The van der Waals surface area contributed by atoms with Crippen molar-refractivity contribution in [3.05, 3.63) is 45.8 Å². The average molecular weight is 260 g/mol. The maximum absolute atomic E-state index is 12.1. The van der Waals surface area contributed by atoms with Crippen molar-refractivity contribution in [2.24, 2.45) is 0 Å². The molecule has 0 radical (unpaired) electrons. The fourth-order valence-corrected chi connectivity index (χ4v) is 2.64. The minimum Gasteiger partial charge on any atom is -0.390 e. The van der Waals surface area contributed by atoms with E-state index in [0.717, 1.165) is 16.8 Å². The first-order valence-corrected chi connectivity index (χ1v) is 6.54. The number of hydrogen-bond acceptors (Lipinski definition) is 3. The number of nitrogens with two attached hydrogens (primary N) is 1. The molecule has 3 N–H and O–H groups in total. The normalized spacial score (nSPS) is 10.4. The Kier molecular flexibility index (Phi) is 3.39. The third kappa shape index (κ3) is 2.38. The van der Waals surface area contributed by atoms with Gasteiger partial charge in [0.05, 0.1) is 9.88 Å². The molecule has 3 nitrogen and oxygen atoms in total. The molecule has 94 valence electrons. The molecule has 0 aliphatic carbocycles. The van der Waals surface area contributed by atoms with Crippen molar-refractivity contribution >= 4 is 27.9 Å². The lowest BCUT2D eigenvalue weighted by Crippen LogP contribution is -2.11. The van der Waals surface area contributed by atoms with Crippen molar-refractivity contribution in [3.63, 3.8) is 0 Å². The number of rotatable bonds is 2. The average Bonchev–Trinajstić information content (AvgIpc) is 2.60. The van der Waals surface area contributed by atoms with Crippen LogP contribution in [0.2, 0.25) is 0 Å². The maximum Gasteiger partial charge on any atom is 0.266 e. The van der Waals surface area contributed by atoms with Crippen molar-refractivity contribution < 1.29 is 4.79 Å². The maximum atomic E-state index is 12.1. The summed E-state index contributed by atoms with van der Waals surface area (Å²) in [6, 6.07) is 7.73. The van der Waals surface area contributed by atoms with Crippen molar-refractivity contribution in [3.8, 4) is 0 Å². The van der Waals surface area contributed by atoms with Gasteiger partial charge in [0.25, 0.3) is 5.91 Å². The van der Waals surface area contributed by atoms with Crippen LogP contribution in [-0.4, -0.2) is 5.91 Å². The summed E-state index contributed by atoms with van der Waals surface area (Å²) in [6.07, 6.45) is 0. The fourth-order valence-electron chi connectivity index (χ4n) is 1.66. The number of carbonyl (C=O) groups is 1. The highest BCUT2D eigenvalue weighted by Gasteiger charge is 2.16. The van der Waals surface area contributed by atoms with E-state index in [1.165, 1.54) is 16.9 Å². The Morgan fingerprint density at radius 3 is 2.22 bits per heavy atom. The monoisotopic (exact) mass is 260 g/mol. The van der Waals surface area contributed by atoms with Crippen LogP contribution < -0.4 is 11.1 Å². The van der Waals surface area contributed by atoms with E-state index in [1.807, 2.05) is 45.0 Å². The molecule has 2 aromatic rings. The summed E-state index contributed by atoms with van der Waals surface area (Å²) in [6.45, 7) is 5.87. The first-order chi connectivity index (χ1) is 8.49. The Bertz CT molecular complexity index is 585. The van der Waals surface area contributed by atoms with E-state index in [4.69, 9.17) is 5.73 Å². The molecule has 0 atom stereocenters. The van der Waals surface area contributed by atoms with Crippen molar-refractivity contribution in [1.82, 2.24) is 0 Å². The van der Waals surface area contributed by atoms with Gasteiger partial charge in [0, 0.05) is 5.69 Å². The lowest BCUT2D eigenvalue weighted by molar-refractivity contribution is 0.103. The van der Waals surface area contributed by atoms with Gasteiger partial charge in [0.1, 0.15) is 0 Å². The predicted octanol–water partition coefficient (Wildman–Crippen LogP) is 3.51. The predicted molar refractivity (Wildman–Crippen MR) is 77.3 cm³/mol. The number of nitrogen functional groups attached to an aromatic ring is 1. The Labute approximate surface area is 111 Å². The van der Waals surface area contributed by atoms with Gasteiger partial charge in [-0.2, -0.15) is 0 Å². The highest BCUT2D eigenvalue weighted by atomic mass is 32.1. The molecule has 0 bridgehead atoms. The third-order valence-corrected chi connectivity index (χ3v) is 4.22. The lowest BCUT2D eigenvalue weighted by Gasteiger charge is -2.04. The Balaban J connectivity index is 2.22. The zero-order chi connectivity index (χ0) is 13.3. The summed E-state index contributed by atoms with van der Waals surface area (Å²) >= 11 is 1.34. The van der Waals surface area contributed by atoms with Gasteiger partial charge in [-0.15, -0.1) is 11.3 Å². The Morgan fingerprint density at radius 2 is 1.72 bits per heavy atom. The van der Waals surface area contributed by atoms with Gasteiger partial charge in [-0.1, -0.05) is 17.7 Å². The second-order valence-corrected chi connectivity index (χ2v) is 5.42. The Hall–Kier alpha value is -1.81. The van der Waals surface area contributed by atoms with E-state index >= 15 is 0 Å². The molecule has 1 amide bonds. The quantitative estimate of drug-likeness (QED) is 0.868. The molecule has 2 rings (SSSR count). The third-order valence-electron chi connectivity index (χ3n) is 3.00. The molecular weight excluding hydrogens is 244 g/mol. The summed E-state index contributed by atoms with van der Waals surface area (Å²) in [5.41, 5.74) is 9.75. The van der Waals surface area contributed by atoms with E-state index in [1.54, 1.807) is 0 Å². The van der Waals surface area contributed by atoms with E-state index < -0.39 is 0 Å². The molecule has 4 heteroatoms. The summed E-state index contributed by atoms with van der Waals surface area (Å²) in [4.78, 5) is 12.8. The van der Waals surface area contributed by atoms with Gasteiger partial charge in [-0.25, -0.2) is 0 Å². The second kappa shape index (κ2) is 4.82. The van der Waals surface area contributed by atoms with Gasteiger partial charge in [0.2, 0.25) is 0 Å². The summed E-state index contributed by atoms with van der Waals surface area (Å²) in [5, 5.41) is 3.59. The van der Waals surface area contributed by atoms with Crippen LogP contribution in [0.4, 0.5) is 10.7 Å². The van der Waals surface area contributed by atoms with Crippen LogP contribution in [-0.2, 0) is 0 Å². The van der Waals surface area contributed by atoms with Gasteiger partial charge in [-0.05, 0) is 44.0 Å². The van der Waals surface area contributed by atoms with Crippen molar-refractivity contribution in [2.45, 2.75) is 20.8 Å². The molecule has 0 saturated heterocycles. The molecule has 1 aromatic heterocycles. The minimum atomic E-state index is -0.0962. The van der Waals surface area contributed by atoms with Crippen molar-refractivity contribution in [2.75, 3.05) is 11.1 Å². The van der Waals surface area contributed by atoms with Crippen molar-refractivity contribution in [1.29, 1.82) is 0 Å². The number of nitrogens with one attached hydrogen (secondary N) is 1. The van der Waals surface area contributed by atoms with E-state index in [0.29, 0.717) is 9.88 Å². The lowest BCUT2D eigenvalue weighted by atomic mass is 10.1. The molecule has 1 heterocycles. The first kappa shape index (κ1) is 12.6. The molecule has 0 spiro atoms. The van der Waals surface area contributed by atoms with Crippen LogP contribution in [0.25, 0.3) is 0 Å². The SMILES string of the molecule is Cc1ccc(NC(=O)c2sc(N)c(C)c2C)cc1. The number of hydrogen-bond donors (Lipinski definition) is 2. The number of carbonyl (C=O) groups excluding carboxylic acids is 1. The molecule has 0 aliphatic rings. The molecule has 0 aliphatic heterocycles. The van der Waals surface area contributed by atoms with Crippen LogP contribution >= 0.6 is 11.3 Å². The summed E-state index contributed by atoms with van der Waals surface area (Å²) < 4.78 is 0. The van der Waals surface area contributed by atoms with Crippen LogP contribution in [0, 0.1) is 20.8 Å². The molecule has 18 heavy (non-hydrogen) atoms. The minimum absolute atomic E-state index is 0.0962. The van der Waals surface area contributed by atoms with Crippen LogP contribution in [0.3, 0.4) is 0 Å². The zero-order valence-corrected chi connectivity index (χ0v) is 11.5. The largest absolute Gasteiger partial charge is 0.390 e. The standard InChI is InChI=1S/C14H16N2OS/c1-8-4-6-11(7-5-8)16-14(17)12-9(2)10(3)13(15)18-12/h4-7H,15H2,1-3H3,(H,16,17). The van der Waals surface area contributed by atoms with Gasteiger partial charge >= 0.3 is 0 Å². The van der Waals surface area contributed by atoms with Gasteiger partial charge in [0.15, 0.2) is 0 Å². The molecule has 0 saturated carbocycles. The van der Waals surface area contributed by atoms with E-state index in [9.17, 15) is 4.79 Å².